The number of aromatic carboxylic acids is 1. The van der Waals surface area contributed by atoms with Crippen LogP contribution in [0.4, 0.5) is 4.39 Å². The summed E-state index contributed by atoms with van der Waals surface area (Å²) in [4.78, 5) is 23.3. The van der Waals surface area contributed by atoms with Crippen LogP contribution in [0.2, 0.25) is 0 Å². The average Bonchev–Trinajstić information content (AvgIpc) is 2.38. The Kier molecular flexibility index (Phi) is 3.76. The predicted molar refractivity (Wildman–Crippen MR) is 70.9 cm³/mol. The van der Waals surface area contributed by atoms with Crippen LogP contribution in [0, 0.1) is 5.82 Å². The maximum Gasteiger partial charge on any atom is 0.336 e. The summed E-state index contributed by atoms with van der Waals surface area (Å²) in [7, 11) is 0. The maximum atomic E-state index is 12.8. The smallest absolute Gasteiger partial charge is 0.336 e. The minimum Gasteiger partial charge on any atom is -0.478 e. The van der Waals surface area contributed by atoms with Gasteiger partial charge >= 0.3 is 5.97 Å². The molecule has 0 radical (unpaired) electrons. The number of hydrogen-bond acceptors (Lipinski definition) is 2. The first-order valence-corrected chi connectivity index (χ1v) is 6.11. The van der Waals surface area contributed by atoms with Gasteiger partial charge in [-0.2, -0.15) is 0 Å². The van der Waals surface area contributed by atoms with Gasteiger partial charge in [-0.1, -0.05) is 15.9 Å². The van der Waals surface area contributed by atoms with Crippen molar-refractivity contribution in [3.63, 3.8) is 0 Å². The van der Waals surface area contributed by atoms with E-state index in [1.807, 2.05) is 0 Å². The fourth-order valence-electron chi connectivity index (χ4n) is 1.65. The van der Waals surface area contributed by atoms with Crippen LogP contribution in [0.5, 0.6) is 0 Å². The molecule has 0 aliphatic heterocycles. The summed E-state index contributed by atoms with van der Waals surface area (Å²) in [5.41, 5.74) is 0.220. The van der Waals surface area contributed by atoms with Gasteiger partial charge in [-0.3, -0.25) is 4.79 Å². The third-order valence-corrected chi connectivity index (χ3v) is 3.06. The lowest BCUT2D eigenvalue weighted by molar-refractivity contribution is 0.0692. The molecule has 96 valence electrons. The number of carbonyl (C=O) groups excluding carboxylic acids is 1. The van der Waals surface area contributed by atoms with Gasteiger partial charge in [0.1, 0.15) is 5.82 Å². The Balaban J connectivity index is 2.49. The number of carboxylic acid groups (broad SMARTS) is 1. The molecule has 0 saturated carbocycles. The second-order valence-electron chi connectivity index (χ2n) is 3.83. The van der Waals surface area contributed by atoms with Crippen molar-refractivity contribution < 1.29 is 19.1 Å². The Morgan fingerprint density at radius 3 is 2.21 bits per heavy atom. The Bertz CT molecular complexity index is 650. The number of halogens is 2. The summed E-state index contributed by atoms with van der Waals surface area (Å²) in [6.07, 6.45) is 0. The monoisotopic (exact) mass is 322 g/mol. The molecular formula is C14H8BrFO3. The molecule has 0 bridgehead atoms. The zero-order chi connectivity index (χ0) is 14.0. The SMILES string of the molecule is O=C(O)c1cc(Br)ccc1C(=O)c1ccc(F)cc1. The molecule has 3 nitrogen and oxygen atoms in total. The van der Waals surface area contributed by atoms with E-state index in [0.29, 0.717) is 4.47 Å². The van der Waals surface area contributed by atoms with Crippen LogP contribution in [0.15, 0.2) is 46.9 Å². The van der Waals surface area contributed by atoms with Gasteiger partial charge in [-0.05, 0) is 42.5 Å². The van der Waals surface area contributed by atoms with Crippen molar-refractivity contribution >= 4 is 27.7 Å². The molecule has 0 aliphatic carbocycles. The van der Waals surface area contributed by atoms with E-state index in [2.05, 4.69) is 15.9 Å². The van der Waals surface area contributed by atoms with Gasteiger partial charge in [0, 0.05) is 15.6 Å². The first kappa shape index (κ1) is 13.4. The highest BCUT2D eigenvalue weighted by Gasteiger charge is 2.18. The molecule has 0 amide bonds. The molecule has 5 heteroatoms. The second-order valence-corrected chi connectivity index (χ2v) is 4.75. The first-order valence-electron chi connectivity index (χ1n) is 5.32. The van der Waals surface area contributed by atoms with Gasteiger partial charge in [-0.25, -0.2) is 9.18 Å². The maximum absolute atomic E-state index is 12.8. The largest absolute Gasteiger partial charge is 0.478 e. The summed E-state index contributed by atoms with van der Waals surface area (Å²) < 4.78 is 13.4. The number of hydrogen-bond donors (Lipinski definition) is 1. The number of benzene rings is 2. The minimum atomic E-state index is -1.19. The topological polar surface area (TPSA) is 54.4 Å². The van der Waals surface area contributed by atoms with Gasteiger partial charge < -0.3 is 5.11 Å². The summed E-state index contributed by atoms with van der Waals surface area (Å²) in [6, 6.07) is 9.34. The molecule has 0 atom stereocenters. The molecule has 0 fully saturated rings. The van der Waals surface area contributed by atoms with E-state index in [1.165, 1.54) is 24.3 Å². The van der Waals surface area contributed by atoms with Crippen LogP contribution in [0.1, 0.15) is 26.3 Å². The zero-order valence-electron chi connectivity index (χ0n) is 9.56. The Hall–Kier alpha value is -2.01. The van der Waals surface area contributed by atoms with E-state index in [1.54, 1.807) is 6.07 Å². The highest BCUT2D eigenvalue weighted by atomic mass is 79.9. The van der Waals surface area contributed by atoms with Crippen molar-refractivity contribution in [2.24, 2.45) is 0 Å². The molecule has 0 aliphatic rings. The third-order valence-electron chi connectivity index (χ3n) is 2.56. The lowest BCUT2D eigenvalue weighted by Crippen LogP contribution is -2.09. The van der Waals surface area contributed by atoms with Crippen molar-refractivity contribution in [3.05, 3.63) is 69.4 Å². The van der Waals surface area contributed by atoms with E-state index in [0.717, 1.165) is 12.1 Å². The van der Waals surface area contributed by atoms with Crippen LogP contribution in [0.25, 0.3) is 0 Å². The van der Waals surface area contributed by atoms with Crippen LogP contribution in [-0.4, -0.2) is 16.9 Å². The van der Waals surface area contributed by atoms with Gasteiger partial charge in [0.15, 0.2) is 5.78 Å². The molecule has 2 aromatic carbocycles. The summed E-state index contributed by atoms with van der Waals surface area (Å²) in [5.74, 6) is -2.09. The normalized spacial score (nSPS) is 10.2. The molecule has 0 saturated heterocycles. The number of rotatable bonds is 3. The number of ketones is 1. The van der Waals surface area contributed by atoms with E-state index in [4.69, 9.17) is 5.11 Å². The lowest BCUT2D eigenvalue weighted by atomic mass is 9.98. The molecule has 0 unspecified atom stereocenters. The highest BCUT2D eigenvalue weighted by Crippen LogP contribution is 2.20. The van der Waals surface area contributed by atoms with Crippen molar-refractivity contribution in [1.82, 2.24) is 0 Å². The van der Waals surface area contributed by atoms with E-state index in [-0.39, 0.29) is 16.7 Å². The zero-order valence-corrected chi connectivity index (χ0v) is 11.1. The number of carboxylic acids is 1. The van der Waals surface area contributed by atoms with Crippen LogP contribution in [-0.2, 0) is 0 Å². The van der Waals surface area contributed by atoms with Crippen LogP contribution in [0.3, 0.4) is 0 Å². The van der Waals surface area contributed by atoms with Gasteiger partial charge in [-0.15, -0.1) is 0 Å². The third kappa shape index (κ3) is 2.88. The summed E-state index contributed by atoms with van der Waals surface area (Å²) >= 11 is 3.16. The Morgan fingerprint density at radius 2 is 1.63 bits per heavy atom. The Labute approximate surface area is 116 Å². The van der Waals surface area contributed by atoms with Crippen molar-refractivity contribution in [3.8, 4) is 0 Å². The molecule has 0 heterocycles. The summed E-state index contributed by atoms with van der Waals surface area (Å²) in [6.45, 7) is 0. The lowest BCUT2D eigenvalue weighted by Gasteiger charge is -2.06. The standard InChI is InChI=1S/C14H8BrFO3/c15-9-3-6-11(12(7-9)14(18)19)13(17)8-1-4-10(16)5-2-8/h1-7H,(H,18,19). The fourth-order valence-corrected chi connectivity index (χ4v) is 2.01. The van der Waals surface area contributed by atoms with E-state index in [9.17, 15) is 14.0 Å². The van der Waals surface area contributed by atoms with Crippen molar-refractivity contribution in [1.29, 1.82) is 0 Å². The molecule has 19 heavy (non-hydrogen) atoms. The van der Waals surface area contributed by atoms with Crippen molar-refractivity contribution in [2.45, 2.75) is 0 Å². The average molecular weight is 323 g/mol. The molecule has 0 aromatic heterocycles. The molecule has 2 aromatic rings. The van der Waals surface area contributed by atoms with E-state index >= 15 is 0 Å². The first-order chi connectivity index (χ1) is 8.99. The fraction of sp³-hybridized carbons (Fsp3) is 0. The quantitative estimate of drug-likeness (QED) is 0.880. The molecular weight excluding hydrogens is 315 g/mol. The van der Waals surface area contributed by atoms with Gasteiger partial charge in [0.05, 0.1) is 5.56 Å². The molecule has 1 N–H and O–H groups in total. The van der Waals surface area contributed by atoms with Crippen molar-refractivity contribution in [2.75, 3.05) is 0 Å². The Morgan fingerprint density at radius 1 is 1.00 bits per heavy atom. The van der Waals surface area contributed by atoms with Gasteiger partial charge in [0.25, 0.3) is 0 Å². The molecule has 2 rings (SSSR count). The summed E-state index contributed by atoms with van der Waals surface area (Å²) in [5, 5.41) is 9.10. The minimum absolute atomic E-state index is 0.0716. The van der Waals surface area contributed by atoms with Crippen LogP contribution < -0.4 is 0 Å². The molecule has 0 spiro atoms. The second kappa shape index (κ2) is 5.32. The van der Waals surface area contributed by atoms with Gasteiger partial charge in [0.2, 0.25) is 0 Å². The van der Waals surface area contributed by atoms with E-state index < -0.39 is 17.6 Å². The number of carbonyl (C=O) groups is 2. The van der Waals surface area contributed by atoms with Crippen LogP contribution >= 0.6 is 15.9 Å². The highest BCUT2D eigenvalue weighted by molar-refractivity contribution is 9.10. The predicted octanol–water partition coefficient (Wildman–Crippen LogP) is 3.52.